The van der Waals surface area contributed by atoms with Gasteiger partial charge in [0.1, 0.15) is 5.75 Å². The second kappa shape index (κ2) is 4.91. The van der Waals surface area contributed by atoms with Crippen molar-refractivity contribution in [2.75, 3.05) is 21.2 Å². The van der Waals surface area contributed by atoms with Gasteiger partial charge in [-0.2, -0.15) is 0 Å². The minimum atomic E-state index is -0.436. The zero-order valence-electron chi connectivity index (χ0n) is 10.5. The van der Waals surface area contributed by atoms with Crippen LogP contribution in [0, 0.1) is 0 Å². The highest BCUT2D eigenvalue weighted by Gasteiger charge is 2.24. The summed E-state index contributed by atoms with van der Waals surface area (Å²) in [4.78, 5) is 17.5. The Morgan fingerprint density at radius 3 is 2.50 bits per heavy atom. The summed E-state index contributed by atoms with van der Waals surface area (Å²) < 4.78 is 10.2. The Labute approximate surface area is 105 Å². The Morgan fingerprint density at radius 2 is 1.94 bits per heavy atom. The van der Waals surface area contributed by atoms with Crippen molar-refractivity contribution in [3.8, 4) is 5.75 Å². The molecule has 1 aliphatic rings. The third-order valence-corrected chi connectivity index (χ3v) is 2.34. The van der Waals surface area contributed by atoms with Crippen molar-refractivity contribution in [1.29, 1.82) is 0 Å². The quantitative estimate of drug-likeness (QED) is 0.597. The van der Waals surface area contributed by atoms with E-state index in [0.29, 0.717) is 11.6 Å². The molecule has 0 spiro atoms. The zero-order chi connectivity index (χ0) is 13.1. The summed E-state index contributed by atoms with van der Waals surface area (Å²) >= 11 is 0. The lowest BCUT2D eigenvalue weighted by Crippen LogP contribution is -2.07. The van der Waals surface area contributed by atoms with Crippen molar-refractivity contribution < 1.29 is 14.3 Å². The summed E-state index contributed by atoms with van der Waals surface area (Å²) in [6, 6.07) is 7.17. The number of methoxy groups -OCH3 is 1. The second-order valence-electron chi connectivity index (χ2n) is 4.01. The first-order valence-electron chi connectivity index (χ1n) is 5.43. The van der Waals surface area contributed by atoms with Gasteiger partial charge in [-0.05, 0) is 24.3 Å². The van der Waals surface area contributed by atoms with Gasteiger partial charge in [-0.25, -0.2) is 9.79 Å². The lowest BCUT2D eigenvalue weighted by atomic mass is 10.2. The van der Waals surface area contributed by atoms with Gasteiger partial charge in [0.2, 0.25) is 5.90 Å². The van der Waals surface area contributed by atoms with Gasteiger partial charge in [-0.1, -0.05) is 0 Å². The molecule has 5 heteroatoms. The van der Waals surface area contributed by atoms with E-state index in [0.717, 1.165) is 11.3 Å². The summed E-state index contributed by atoms with van der Waals surface area (Å²) in [6.07, 6.45) is 1.62. The van der Waals surface area contributed by atoms with Gasteiger partial charge >= 0.3 is 5.97 Å². The van der Waals surface area contributed by atoms with Gasteiger partial charge in [-0.3, -0.25) is 0 Å². The van der Waals surface area contributed by atoms with Crippen LogP contribution in [0.5, 0.6) is 5.75 Å². The smallest absolute Gasteiger partial charge is 0.365 e. The molecule has 0 fully saturated rings. The molecule has 2 rings (SSSR count). The van der Waals surface area contributed by atoms with Crippen LogP contribution in [0.15, 0.2) is 41.2 Å². The lowest BCUT2D eigenvalue weighted by molar-refractivity contribution is -0.130. The van der Waals surface area contributed by atoms with E-state index in [1.54, 1.807) is 42.5 Å². The molecule has 18 heavy (non-hydrogen) atoms. The fourth-order valence-corrected chi connectivity index (χ4v) is 1.50. The molecule has 1 aromatic rings. The highest BCUT2D eigenvalue weighted by molar-refractivity contribution is 6.11. The van der Waals surface area contributed by atoms with Crippen molar-refractivity contribution in [2.24, 2.45) is 4.99 Å². The number of esters is 1. The first kappa shape index (κ1) is 12.2. The molecule has 0 amide bonds. The van der Waals surface area contributed by atoms with Gasteiger partial charge in [0.25, 0.3) is 0 Å². The maximum atomic E-state index is 11.6. The van der Waals surface area contributed by atoms with Crippen LogP contribution in [-0.2, 0) is 9.53 Å². The summed E-state index contributed by atoms with van der Waals surface area (Å²) in [6.45, 7) is 0. The number of cyclic esters (lactones) is 1. The number of hydrogen-bond acceptors (Lipinski definition) is 5. The average Bonchev–Trinajstić information content (AvgIpc) is 2.70. The van der Waals surface area contributed by atoms with Gasteiger partial charge < -0.3 is 14.4 Å². The van der Waals surface area contributed by atoms with E-state index in [2.05, 4.69) is 4.99 Å². The van der Waals surface area contributed by atoms with Crippen molar-refractivity contribution in [3.63, 3.8) is 0 Å². The van der Waals surface area contributed by atoms with Gasteiger partial charge in [0.15, 0.2) is 5.70 Å². The number of carbonyl (C=O) groups is 1. The highest BCUT2D eigenvalue weighted by Crippen LogP contribution is 2.18. The third kappa shape index (κ3) is 2.51. The Kier molecular flexibility index (Phi) is 3.32. The largest absolute Gasteiger partial charge is 0.497 e. The minimum absolute atomic E-state index is 0.297. The molecular formula is C13H14N2O3. The number of hydrogen-bond donors (Lipinski definition) is 0. The molecule has 0 saturated carbocycles. The lowest BCUT2D eigenvalue weighted by Gasteiger charge is -2.02. The monoisotopic (exact) mass is 246 g/mol. The van der Waals surface area contributed by atoms with E-state index in [-0.39, 0.29) is 0 Å². The van der Waals surface area contributed by atoms with E-state index in [9.17, 15) is 4.79 Å². The molecule has 1 aliphatic heterocycles. The third-order valence-electron chi connectivity index (χ3n) is 2.34. The van der Waals surface area contributed by atoms with Crippen LogP contribution < -0.4 is 4.74 Å². The fraction of sp³-hybridized carbons (Fsp3) is 0.231. The second-order valence-corrected chi connectivity index (χ2v) is 4.01. The summed E-state index contributed by atoms with van der Waals surface area (Å²) in [5.74, 6) is 0.623. The molecule has 0 N–H and O–H groups in total. The van der Waals surface area contributed by atoms with E-state index in [1.807, 2.05) is 14.1 Å². The Morgan fingerprint density at radius 1 is 1.28 bits per heavy atom. The van der Waals surface area contributed by atoms with E-state index < -0.39 is 5.97 Å². The molecular weight excluding hydrogens is 232 g/mol. The van der Waals surface area contributed by atoms with Crippen LogP contribution in [0.2, 0.25) is 0 Å². The molecule has 0 bridgehead atoms. The Bertz CT molecular complexity index is 516. The van der Waals surface area contributed by atoms with Crippen LogP contribution >= 0.6 is 0 Å². The maximum Gasteiger partial charge on any atom is 0.365 e. The average molecular weight is 246 g/mol. The number of ether oxygens (including phenoxy) is 2. The summed E-state index contributed by atoms with van der Waals surface area (Å²) in [5.41, 5.74) is 1.04. The number of rotatable bonds is 3. The molecule has 0 unspecified atom stereocenters. The first-order valence-corrected chi connectivity index (χ1v) is 5.43. The zero-order valence-corrected chi connectivity index (χ0v) is 10.5. The molecule has 5 nitrogen and oxygen atoms in total. The predicted octanol–water partition coefficient (Wildman–Crippen LogP) is 1.40. The van der Waals surface area contributed by atoms with Crippen molar-refractivity contribution in [3.05, 3.63) is 41.7 Å². The van der Waals surface area contributed by atoms with Crippen LogP contribution in [0.1, 0.15) is 5.56 Å². The highest BCUT2D eigenvalue weighted by atomic mass is 16.6. The number of carbonyl (C=O) groups excluding carboxylic acids is 1. The maximum absolute atomic E-state index is 11.6. The van der Waals surface area contributed by atoms with E-state index in [4.69, 9.17) is 9.47 Å². The molecule has 0 saturated heterocycles. The Hall–Kier alpha value is -2.30. The van der Waals surface area contributed by atoms with Gasteiger partial charge in [0, 0.05) is 25.9 Å². The summed E-state index contributed by atoms with van der Waals surface area (Å²) in [5, 5.41) is 0. The predicted molar refractivity (Wildman–Crippen MR) is 67.4 cm³/mol. The minimum Gasteiger partial charge on any atom is -0.497 e. The van der Waals surface area contributed by atoms with Crippen molar-refractivity contribution >= 4 is 11.9 Å². The van der Waals surface area contributed by atoms with Gasteiger partial charge in [-0.15, -0.1) is 0 Å². The molecule has 0 aromatic heterocycles. The van der Waals surface area contributed by atoms with Gasteiger partial charge in [0.05, 0.1) is 7.11 Å². The van der Waals surface area contributed by atoms with Crippen molar-refractivity contribution in [2.45, 2.75) is 0 Å². The molecule has 0 atom stereocenters. The van der Waals surface area contributed by atoms with E-state index >= 15 is 0 Å². The molecule has 0 radical (unpaired) electrons. The number of nitrogens with zero attached hydrogens (tertiary/aromatic N) is 2. The number of benzene rings is 1. The molecule has 1 aromatic carbocycles. The SMILES string of the molecule is COc1ccc(C2=NC(=CN(C)C)C(=O)O2)cc1. The van der Waals surface area contributed by atoms with E-state index in [1.165, 1.54) is 0 Å². The first-order chi connectivity index (χ1) is 8.60. The molecule has 94 valence electrons. The molecule has 0 aliphatic carbocycles. The van der Waals surface area contributed by atoms with Crippen LogP contribution in [0.3, 0.4) is 0 Å². The van der Waals surface area contributed by atoms with Crippen LogP contribution in [0.4, 0.5) is 0 Å². The standard InChI is InChI=1S/C13H14N2O3/c1-15(2)8-11-13(16)18-12(14-11)9-4-6-10(17-3)7-5-9/h4-8H,1-3H3. The van der Waals surface area contributed by atoms with Crippen LogP contribution in [0.25, 0.3) is 0 Å². The number of aliphatic imine (C=N–C) groups is 1. The van der Waals surface area contributed by atoms with Crippen LogP contribution in [-0.4, -0.2) is 38.0 Å². The van der Waals surface area contributed by atoms with Crippen molar-refractivity contribution in [1.82, 2.24) is 4.90 Å². The topological polar surface area (TPSA) is 51.1 Å². The molecule has 1 heterocycles. The normalized spacial score (nSPS) is 16.5. The summed E-state index contributed by atoms with van der Waals surface area (Å²) in [7, 11) is 5.24. The fourth-order valence-electron chi connectivity index (χ4n) is 1.50. The Balaban J connectivity index is 2.26.